The number of aliphatic hydroxyl groups is 1. The van der Waals surface area contributed by atoms with Gasteiger partial charge >= 0.3 is 0 Å². The zero-order valence-corrected chi connectivity index (χ0v) is 18.7. The van der Waals surface area contributed by atoms with Crippen LogP contribution in [0.5, 0.6) is 0 Å². The average Bonchev–Trinajstić information content (AvgIpc) is 2.80. The van der Waals surface area contributed by atoms with Gasteiger partial charge in [0.1, 0.15) is 5.69 Å². The first-order valence-corrected chi connectivity index (χ1v) is 10.9. The van der Waals surface area contributed by atoms with E-state index in [1.165, 1.54) is 0 Å². The minimum atomic E-state index is -0.687. The van der Waals surface area contributed by atoms with Crippen LogP contribution in [0.2, 0.25) is 0 Å². The first-order chi connectivity index (χ1) is 15.9. The standard InChI is InChI=1S/C23H26FN7O2/c1-12(2)21-15-8-14(4-5-18(15)26-9-16(21)13(3)30-31-25)22-17(24)10-27-23(29-22)28-19-6-7-33-11-20(19)32/h4-5,8-10,12-13,19-20,32H,6-7,11H2,1-3H3,(H,27,28,29)/t13?,19-,20-/m1/s1. The Labute approximate surface area is 190 Å². The molecular weight excluding hydrogens is 425 g/mol. The van der Waals surface area contributed by atoms with Crippen LogP contribution in [0.15, 0.2) is 35.7 Å². The minimum absolute atomic E-state index is 0.125. The number of aliphatic hydroxyl groups excluding tert-OH is 1. The molecule has 1 fully saturated rings. The fourth-order valence-corrected chi connectivity index (χ4v) is 4.19. The number of benzene rings is 1. The van der Waals surface area contributed by atoms with Crippen molar-refractivity contribution < 1.29 is 14.2 Å². The lowest BCUT2D eigenvalue weighted by molar-refractivity contribution is -0.0136. The van der Waals surface area contributed by atoms with Crippen molar-refractivity contribution in [2.24, 2.45) is 5.11 Å². The molecule has 0 spiro atoms. The molecule has 2 aromatic heterocycles. The molecule has 3 atom stereocenters. The number of ether oxygens (including phenoxy) is 1. The Bertz CT molecular complexity index is 1210. The maximum absolute atomic E-state index is 14.8. The third-order valence-corrected chi connectivity index (χ3v) is 5.85. The van der Waals surface area contributed by atoms with Gasteiger partial charge in [-0.05, 0) is 41.1 Å². The molecule has 3 heterocycles. The molecule has 2 N–H and O–H groups in total. The summed E-state index contributed by atoms with van der Waals surface area (Å²) in [5.41, 5.74) is 12.2. The highest BCUT2D eigenvalue weighted by atomic mass is 19.1. The van der Waals surface area contributed by atoms with Gasteiger partial charge in [-0.2, -0.15) is 0 Å². The highest BCUT2D eigenvalue weighted by Gasteiger charge is 2.25. The van der Waals surface area contributed by atoms with Gasteiger partial charge in [0.05, 0.1) is 36.5 Å². The topological polar surface area (TPSA) is 129 Å². The zero-order valence-electron chi connectivity index (χ0n) is 18.7. The summed E-state index contributed by atoms with van der Waals surface area (Å²) < 4.78 is 20.0. The molecule has 3 aromatic rings. The average molecular weight is 452 g/mol. The van der Waals surface area contributed by atoms with Crippen LogP contribution in [0.1, 0.15) is 50.3 Å². The van der Waals surface area contributed by atoms with Crippen LogP contribution in [0.4, 0.5) is 10.3 Å². The number of nitrogens with one attached hydrogen (secondary N) is 1. The van der Waals surface area contributed by atoms with Crippen LogP contribution in [-0.4, -0.2) is 45.4 Å². The molecule has 10 heteroatoms. The number of hydrogen-bond donors (Lipinski definition) is 2. The maximum atomic E-state index is 14.8. The molecule has 0 saturated carbocycles. The lowest BCUT2D eigenvalue weighted by Crippen LogP contribution is -2.42. The van der Waals surface area contributed by atoms with E-state index in [0.29, 0.717) is 18.6 Å². The summed E-state index contributed by atoms with van der Waals surface area (Å²) >= 11 is 0. The first kappa shape index (κ1) is 22.8. The summed E-state index contributed by atoms with van der Waals surface area (Å²) in [6.07, 6.45) is 2.78. The molecule has 0 aliphatic carbocycles. The van der Waals surface area contributed by atoms with E-state index < -0.39 is 11.9 Å². The summed E-state index contributed by atoms with van der Waals surface area (Å²) in [5, 5.41) is 17.9. The van der Waals surface area contributed by atoms with E-state index in [1.54, 1.807) is 12.3 Å². The minimum Gasteiger partial charge on any atom is -0.389 e. The van der Waals surface area contributed by atoms with Gasteiger partial charge in [0.25, 0.3) is 0 Å². The second-order valence-electron chi connectivity index (χ2n) is 8.47. The maximum Gasteiger partial charge on any atom is 0.223 e. The van der Waals surface area contributed by atoms with Crippen molar-refractivity contribution in [2.45, 2.75) is 51.3 Å². The largest absolute Gasteiger partial charge is 0.389 e. The van der Waals surface area contributed by atoms with Crippen molar-refractivity contribution in [3.63, 3.8) is 0 Å². The molecular formula is C23H26FN7O2. The molecule has 1 aliphatic rings. The lowest BCUT2D eigenvalue weighted by atomic mass is 9.90. The SMILES string of the molecule is CC(C)c1c(C(C)N=[N+]=[N-])cnc2ccc(-c3nc(N[C@@H]4CCOC[C@H]4O)ncc3F)cc12. The summed E-state index contributed by atoms with van der Waals surface area (Å²) in [6.45, 7) is 6.69. The molecule has 4 rings (SSSR count). The van der Waals surface area contributed by atoms with Crippen molar-refractivity contribution >= 4 is 16.9 Å². The third-order valence-electron chi connectivity index (χ3n) is 5.85. The van der Waals surface area contributed by atoms with Crippen LogP contribution < -0.4 is 5.32 Å². The van der Waals surface area contributed by atoms with E-state index >= 15 is 0 Å². The molecule has 1 saturated heterocycles. The summed E-state index contributed by atoms with van der Waals surface area (Å²) in [4.78, 5) is 15.9. The normalized spacial score (nSPS) is 19.3. The second kappa shape index (κ2) is 9.66. The van der Waals surface area contributed by atoms with E-state index in [4.69, 9.17) is 10.3 Å². The van der Waals surface area contributed by atoms with E-state index in [9.17, 15) is 9.50 Å². The van der Waals surface area contributed by atoms with Crippen LogP contribution in [0, 0.1) is 5.82 Å². The van der Waals surface area contributed by atoms with Gasteiger partial charge < -0.3 is 15.2 Å². The van der Waals surface area contributed by atoms with Crippen LogP contribution in [0.3, 0.4) is 0 Å². The number of halogens is 1. The Kier molecular flexibility index (Phi) is 6.69. The number of pyridine rings is 1. The predicted octanol–water partition coefficient (Wildman–Crippen LogP) is 4.89. The number of azide groups is 1. The fraction of sp³-hybridized carbons (Fsp3) is 0.435. The van der Waals surface area contributed by atoms with E-state index in [-0.39, 0.29) is 36.3 Å². The number of aromatic nitrogens is 3. The lowest BCUT2D eigenvalue weighted by Gasteiger charge is -2.28. The number of rotatable bonds is 6. The quantitative estimate of drug-likeness (QED) is 0.312. The van der Waals surface area contributed by atoms with Crippen molar-refractivity contribution in [1.82, 2.24) is 15.0 Å². The summed E-state index contributed by atoms with van der Waals surface area (Å²) in [5.74, 6) is -0.185. The molecule has 33 heavy (non-hydrogen) atoms. The molecule has 0 radical (unpaired) electrons. The van der Waals surface area contributed by atoms with Gasteiger partial charge in [-0.3, -0.25) is 4.98 Å². The van der Waals surface area contributed by atoms with Crippen molar-refractivity contribution in [3.8, 4) is 11.3 Å². The van der Waals surface area contributed by atoms with Gasteiger partial charge in [-0.1, -0.05) is 32.0 Å². The molecule has 1 aromatic carbocycles. The Morgan fingerprint density at radius 2 is 2.09 bits per heavy atom. The molecule has 1 aliphatic heterocycles. The Morgan fingerprint density at radius 3 is 2.82 bits per heavy atom. The molecule has 1 unspecified atom stereocenters. The summed E-state index contributed by atoms with van der Waals surface area (Å²) in [6, 6.07) is 4.81. The van der Waals surface area contributed by atoms with E-state index in [2.05, 4.69) is 44.1 Å². The van der Waals surface area contributed by atoms with Crippen molar-refractivity contribution in [1.29, 1.82) is 0 Å². The molecule has 9 nitrogen and oxygen atoms in total. The van der Waals surface area contributed by atoms with Crippen molar-refractivity contribution in [2.75, 3.05) is 18.5 Å². The van der Waals surface area contributed by atoms with E-state index in [1.807, 2.05) is 19.1 Å². The fourth-order valence-electron chi connectivity index (χ4n) is 4.19. The Morgan fingerprint density at radius 1 is 1.27 bits per heavy atom. The van der Waals surface area contributed by atoms with Crippen LogP contribution in [-0.2, 0) is 4.74 Å². The predicted molar refractivity (Wildman–Crippen MR) is 123 cm³/mol. The summed E-state index contributed by atoms with van der Waals surface area (Å²) in [7, 11) is 0. The first-order valence-electron chi connectivity index (χ1n) is 10.9. The van der Waals surface area contributed by atoms with Gasteiger partial charge in [0.15, 0.2) is 5.82 Å². The zero-order chi connectivity index (χ0) is 23.5. The van der Waals surface area contributed by atoms with Crippen LogP contribution in [0.25, 0.3) is 32.6 Å². The second-order valence-corrected chi connectivity index (χ2v) is 8.47. The van der Waals surface area contributed by atoms with Gasteiger partial charge in [-0.15, -0.1) is 0 Å². The highest BCUT2D eigenvalue weighted by molar-refractivity contribution is 5.88. The number of nitrogens with zero attached hydrogens (tertiary/aromatic N) is 6. The molecule has 172 valence electrons. The van der Waals surface area contributed by atoms with Gasteiger partial charge in [0.2, 0.25) is 5.95 Å². The molecule has 0 bridgehead atoms. The number of hydrogen-bond acceptors (Lipinski definition) is 7. The molecule has 0 amide bonds. The highest BCUT2D eigenvalue weighted by Crippen LogP contribution is 2.35. The number of anilines is 1. The third kappa shape index (κ3) is 4.73. The smallest absolute Gasteiger partial charge is 0.223 e. The van der Waals surface area contributed by atoms with Crippen LogP contribution >= 0.6 is 0 Å². The van der Waals surface area contributed by atoms with Gasteiger partial charge in [0, 0.05) is 28.7 Å². The Balaban J connectivity index is 1.78. The van der Waals surface area contributed by atoms with Crippen molar-refractivity contribution in [3.05, 3.63) is 58.0 Å². The number of fused-ring (bicyclic) bond motifs is 1. The van der Waals surface area contributed by atoms with Gasteiger partial charge in [-0.25, -0.2) is 14.4 Å². The van der Waals surface area contributed by atoms with E-state index in [0.717, 1.165) is 28.2 Å². The monoisotopic (exact) mass is 451 g/mol. The Hall–Kier alpha value is -3.33.